The Hall–Kier alpha value is -0.850. The third kappa shape index (κ3) is 9.06. The summed E-state index contributed by atoms with van der Waals surface area (Å²) in [6, 6.07) is 0. The van der Waals surface area contributed by atoms with Crippen LogP contribution in [0.15, 0.2) is 24.8 Å². The molecule has 0 unspecified atom stereocenters. The van der Waals surface area contributed by atoms with Crippen molar-refractivity contribution in [1.29, 1.82) is 0 Å². The number of allylic oxidation sites excluding steroid dienone is 3. The fraction of sp³-hybridized carbons (Fsp3) is 0.583. The smallest absolute Gasteiger partial charge is 0.133 e. The lowest BCUT2D eigenvalue weighted by Gasteiger charge is -1.96. The summed E-state index contributed by atoms with van der Waals surface area (Å²) in [5, 5.41) is 0. The van der Waals surface area contributed by atoms with Gasteiger partial charge in [-0.15, -0.1) is 0 Å². The normalized spacial score (nSPS) is 10.5. The first-order chi connectivity index (χ1) is 6.31. The standard InChI is InChI=1S/C12H20O/c1-3-5-7-9-11-12(13)10-8-6-4-2/h3,5,7H,1,4,6,8-11H2,2H3. The van der Waals surface area contributed by atoms with Crippen LogP contribution in [0.2, 0.25) is 0 Å². The van der Waals surface area contributed by atoms with Crippen molar-refractivity contribution >= 4 is 5.78 Å². The van der Waals surface area contributed by atoms with Gasteiger partial charge < -0.3 is 0 Å². The van der Waals surface area contributed by atoms with Gasteiger partial charge in [0.15, 0.2) is 0 Å². The summed E-state index contributed by atoms with van der Waals surface area (Å²) < 4.78 is 0. The minimum Gasteiger partial charge on any atom is -0.300 e. The molecule has 74 valence electrons. The predicted molar refractivity (Wildman–Crippen MR) is 57.7 cm³/mol. The van der Waals surface area contributed by atoms with Gasteiger partial charge in [0, 0.05) is 12.8 Å². The van der Waals surface area contributed by atoms with Gasteiger partial charge in [0.2, 0.25) is 0 Å². The molecule has 0 spiro atoms. The molecule has 0 bridgehead atoms. The highest BCUT2D eigenvalue weighted by Gasteiger charge is 1.98. The van der Waals surface area contributed by atoms with Gasteiger partial charge in [0.1, 0.15) is 5.78 Å². The Balaban J connectivity index is 3.29. The quantitative estimate of drug-likeness (QED) is 0.411. The number of carbonyl (C=O) groups excluding carboxylic acids is 1. The minimum absolute atomic E-state index is 0.391. The molecule has 0 fully saturated rings. The van der Waals surface area contributed by atoms with E-state index in [1.165, 1.54) is 12.8 Å². The first kappa shape index (κ1) is 12.2. The van der Waals surface area contributed by atoms with E-state index in [4.69, 9.17) is 0 Å². The number of carbonyl (C=O) groups is 1. The van der Waals surface area contributed by atoms with E-state index in [2.05, 4.69) is 13.5 Å². The van der Waals surface area contributed by atoms with Crippen molar-refractivity contribution in [2.75, 3.05) is 0 Å². The number of unbranched alkanes of at least 4 members (excludes halogenated alkanes) is 2. The monoisotopic (exact) mass is 180 g/mol. The summed E-state index contributed by atoms with van der Waals surface area (Å²) in [5.41, 5.74) is 0. The molecule has 0 atom stereocenters. The number of hydrogen-bond acceptors (Lipinski definition) is 1. The summed E-state index contributed by atoms with van der Waals surface area (Å²) >= 11 is 0. The molecule has 1 nitrogen and oxygen atoms in total. The van der Waals surface area contributed by atoms with Crippen LogP contribution in [-0.2, 0) is 4.79 Å². The summed E-state index contributed by atoms with van der Waals surface area (Å²) in [6.45, 7) is 5.72. The molecule has 0 rings (SSSR count). The van der Waals surface area contributed by atoms with E-state index in [-0.39, 0.29) is 0 Å². The number of rotatable bonds is 8. The van der Waals surface area contributed by atoms with Gasteiger partial charge in [-0.1, -0.05) is 44.6 Å². The van der Waals surface area contributed by atoms with E-state index < -0.39 is 0 Å². The lowest BCUT2D eigenvalue weighted by molar-refractivity contribution is -0.119. The molecule has 1 heteroatoms. The Labute approximate surface area is 81.5 Å². The maximum Gasteiger partial charge on any atom is 0.133 e. The van der Waals surface area contributed by atoms with Crippen LogP contribution < -0.4 is 0 Å². The van der Waals surface area contributed by atoms with Crippen LogP contribution in [0.5, 0.6) is 0 Å². The maximum atomic E-state index is 11.2. The number of hydrogen-bond donors (Lipinski definition) is 0. The van der Waals surface area contributed by atoms with Gasteiger partial charge in [0.25, 0.3) is 0 Å². The third-order valence-corrected chi connectivity index (χ3v) is 1.92. The van der Waals surface area contributed by atoms with Gasteiger partial charge in [0.05, 0.1) is 0 Å². The second-order valence-electron chi connectivity index (χ2n) is 3.20. The molecule has 0 saturated heterocycles. The van der Waals surface area contributed by atoms with Crippen molar-refractivity contribution in [2.24, 2.45) is 0 Å². The lowest BCUT2D eigenvalue weighted by Crippen LogP contribution is -1.96. The highest BCUT2D eigenvalue weighted by Crippen LogP contribution is 2.03. The van der Waals surface area contributed by atoms with Crippen molar-refractivity contribution in [3.05, 3.63) is 24.8 Å². The van der Waals surface area contributed by atoms with Gasteiger partial charge in [-0.2, -0.15) is 0 Å². The molecular formula is C12H20O. The first-order valence-corrected chi connectivity index (χ1v) is 5.10. The zero-order chi connectivity index (χ0) is 9.94. The Morgan fingerprint density at radius 2 is 2.08 bits per heavy atom. The molecule has 0 radical (unpaired) electrons. The Morgan fingerprint density at radius 3 is 2.69 bits per heavy atom. The van der Waals surface area contributed by atoms with E-state index in [0.29, 0.717) is 12.2 Å². The van der Waals surface area contributed by atoms with Crippen LogP contribution in [0, 0.1) is 0 Å². The summed E-state index contributed by atoms with van der Waals surface area (Å²) in [4.78, 5) is 11.2. The molecule has 0 saturated carbocycles. The van der Waals surface area contributed by atoms with Crippen LogP contribution in [0.25, 0.3) is 0 Å². The van der Waals surface area contributed by atoms with Gasteiger partial charge in [-0.05, 0) is 12.8 Å². The molecule has 0 aliphatic heterocycles. The highest BCUT2D eigenvalue weighted by molar-refractivity contribution is 5.78. The summed E-state index contributed by atoms with van der Waals surface area (Å²) in [6.07, 6.45) is 11.3. The molecule has 0 N–H and O–H groups in total. The maximum absolute atomic E-state index is 11.2. The minimum atomic E-state index is 0.391. The average Bonchev–Trinajstić information content (AvgIpc) is 2.13. The topological polar surface area (TPSA) is 17.1 Å². The van der Waals surface area contributed by atoms with Crippen molar-refractivity contribution in [2.45, 2.75) is 45.4 Å². The molecule has 0 heterocycles. The average molecular weight is 180 g/mol. The summed E-state index contributed by atoms with van der Waals surface area (Å²) in [5.74, 6) is 0.391. The molecule has 0 aliphatic rings. The molecule has 0 amide bonds. The Kier molecular flexibility index (Phi) is 8.64. The van der Waals surface area contributed by atoms with Crippen molar-refractivity contribution in [1.82, 2.24) is 0 Å². The van der Waals surface area contributed by atoms with Gasteiger partial charge in [-0.25, -0.2) is 0 Å². The molecule has 0 aromatic carbocycles. The van der Waals surface area contributed by atoms with Crippen molar-refractivity contribution in [3.8, 4) is 0 Å². The van der Waals surface area contributed by atoms with Crippen LogP contribution >= 0.6 is 0 Å². The van der Waals surface area contributed by atoms with Crippen molar-refractivity contribution in [3.63, 3.8) is 0 Å². The van der Waals surface area contributed by atoms with E-state index in [0.717, 1.165) is 19.3 Å². The van der Waals surface area contributed by atoms with Crippen LogP contribution in [0.3, 0.4) is 0 Å². The molecular weight excluding hydrogens is 160 g/mol. The van der Waals surface area contributed by atoms with E-state index in [9.17, 15) is 4.79 Å². The zero-order valence-electron chi connectivity index (χ0n) is 8.59. The second-order valence-corrected chi connectivity index (χ2v) is 3.20. The molecule has 13 heavy (non-hydrogen) atoms. The van der Waals surface area contributed by atoms with Gasteiger partial charge in [-0.3, -0.25) is 4.79 Å². The van der Waals surface area contributed by atoms with Crippen LogP contribution in [-0.4, -0.2) is 5.78 Å². The molecule has 0 aromatic heterocycles. The lowest BCUT2D eigenvalue weighted by atomic mass is 10.1. The zero-order valence-corrected chi connectivity index (χ0v) is 8.59. The van der Waals surface area contributed by atoms with E-state index in [1.54, 1.807) is 6.08 Å². The predicted octanol–water partition coefficient (Wildman–Crippen LogP) is 3.66. The molecule has 0 aromatic rings. The number of ketones is 1. The largest absolute Gasteiger partial charge is 0.300 e. The molecule has 0 aliphatic carbocycles. The first-order valence-electron chi connectivity index (χ1n) is 5.10. The third-order valence-electron chi connectivity index (χ3n) is 1.92. The number of Topliss-reactive ketones (excluding diaryl/α,β-unsaturated/α-hetero) is 1. The van der Waals surface area contributed by atoms with Crippen molar-refractivity contribution < 1.29 is 4.79 Å². The van der Waals surface area contributed by atoms with E-state index >= 15 is 0 Å². The van der Waals surface area contributed by atoms with Crippen LogP contribution in [0.1, 0.15) is 45.4 Å². The fourth-order valence-corrected chi connectivity index (χ4v) is 1.13. The SMILES string of the molecule is C=CC=CCCC(=O)CCCCC. The van der Waals surface area contributed by atoms with Gasteiger partial charge >= 0.3 is 0 Å². The second kappa shape index (κ2) is 9.24. The van der Waals surface area contributed by atoms with E-state index in [1.807, 2.05) is 12.2 Å². The Bertz CT molecular complexity index is 168. The van der Waals surface area contributed by atoms with Crippen LogP contribution in [0.4, 0.5) is 0 Å². The Morgan fingerprint density at radius 1 is 1.31 bits per heavy atom. The highest BCUT2D eigenvalue weighted by atomic mass is 16.1. The fourth-order valence-electron chi connectivity index (χ4n) is 1.13. The summed E-state index contributed by atoms with van der Waals surface area (Å²) in [7, 11) is 0.